The van der Waals surface area contributed by atoms with E-state index >= 15 is 0 Å². The average molecular weight is 178 g/mol. The third-order valence-electron chi connectivity index (χ3n) is 4.73. The highest BCUT2D eigenvalue weighted by molar-refractivity contribution is 5.29. The molecule has 3 atom stereocenters. The van der Waals surface area contributed by atoms with E-state index in [-0.39, 0.29) is 6.10 Å². The highest BCUT2D eigenvalue weighted by Crippen LogP contribution is 2.65. The molecule has 3 rings (SSSR count). The van der Waals surface area contributed by atoms with Crippen molar-refractivity contribution in [2.24, 2.45) is 10.8 Å². The van der Waals surface area contributed by atoms with Crippen molar-refractivity contribution in [1.82, 2.24) is 0 Å². The first-order valence-electron chi connectivity index (χ1n) is 5.65. The van der Waals surface area contributed by atoms with Crippen LogP contribution in [0.2, 0.25) is 0 Å². The van der Waals surface area contributed by atoms with Gasteiger partial charge in [-0.25, -0.2) is 0 Å². The number of aliphatic hydroxyl groups is 1. The molecule has 13 heavy (non-hydrogen) atoms. The summed E-state index contributed by atoms with van der Waals surface area (Å²) in [6, 6.07) is 0. The topological polar surface area (TPSA) is 20.2 Å². The fourth-order valence-corrected chi connectivity index (χ4v) is 3.88. The van der Waals surface area contributed by atoms with Gasteiger partial charge in [-0.3, -0.25) is 0 Å². The van der Waals surface area contributed by atoms with Gasteiger partial charge in [-0.05, 0) is 42.9 Å². The minimum absolute atomic E-state index is 0.0174. The van der Waals surface area contributed by atoms with Gasteiger partial charge in [0, 0.05) is 0 Å². The molecule has 3 aliphatic rings. The van der Waals surface area contributed by atoms with Crippen LogP contribution in [0.3, 0.4) is 0 Å². The molecule has 0 heterocycles. The lowest BCUT2D eigenvalue weighted by Gasteiger charge is -2.61. The molecule has 0 spiro atoms. The molecule has 3 aliphatic carbocycles. The van der Waals surface area contributed by atoms with Crippen LogP contribution < -0.4 is 0 Å². The Morgan fingerprint density at radius 2 is 1.69 bits per heavy atom. The number of hydrogen-bond acceptors (Lipinski definition) is 1. The molecule has 0 aliphatic heterocycles. The summed E-state index contributed by atoms with van der Waals surface area (Å²) in [6.45, 7) is 0. The summed E-state index contributed by atoms with van der Waals surface area (Å²) >= 11 is 0. The third kappa shape index (κ3) is 0.864. The molecular weight excluding hydrogens is 160 g/mol. The fourth-order valence-electron chi connectivity index (χ4n) is 3.88. The largest absolute Gasteiger partial charge is 0.393 e. The van der Waals surface area contributed by atoms with Crippen molar-refractivity contribution in [2.75, 3.05) is 0 Å². The Balaban J connectivity index is 1.95. The summed E-state index contributed by atoms with van der Waals surface area (Å²) < 4.78 is 0. The maximum Gasteiger partial charge on any atom is 0.0549 e. The van der Waals surface area contributed by atoms with Crippen molar-refractivity contribution in [3.8, 4) is 0 Å². The molecule has 0 saturated heterocycles. The van der Waals surface area contributed by atoms with Crippen LogP contribution in [0.25, 0.3) is 0 Å². The summed E-state index contributed by atoms with van der Waals surface area (Å²) in [5.74, 6) is 0. The molecule has 0 aromatic carbocycles. The van der Waals surface area contributed by atoms with Gasteiger partial charge in [0.1, 0.15) is 0 Å². The lowest BCUT2D eigenvalue weighted by molar-refractivity contribution is -0.0594. The van der Waals surface area contributed by atoms with Gasteiger partial charge in [0.2, 0.25) is 0 Å². The van der Waals surface area contributed by atoms with Crippen molar-refractivity contribution in [2.45, 2.75) is 51.0 Å². The molecule has 0 aromatic rings. The van der Waals surface area contributed by atoms with Crippen LogP contribution >= 0.6 is 0 Å². The first-order chi connectivity index (χ1) is 6.27. The van der Waals surface area contributed by atoms with Gasteiger partial charge >= 0.3 is 0 Å². The molecule has 2 saturated carbocycles. The van der Waals surface area contributed by atoms with E-state index in [1.807, 2.05) is 0 Å². The van der Waals surface area contributed by atoms with E-state index in [9.17, 15) is 5.11 Å². The van der Waals surface area contributed by atoms with E-state index in [0.29, 0.717) is 10.8 Å². The summed E-state index contributed by atoms with van der Waals surface area (Å²) in [5.41, 5.74) is 0.966. The van der Waals surface area contributed by atoms with Gasteiger partial charge in [0.25, 0.3) is 0 Å². The Morgan fingerprint density at radius 3 is 2.38 bits per heavy atom. The molecule has 0 radical (unpaired) electrons. The van der Waals surface area contributed by atoms with Gasteiger partial charge < -0.3 is 5.11 Å². The first-order valence-corrected chi connectivity index (χ1v) is 5.65. The van der Waals surface area contributed by atoms with E-state index in [0.717, 1.165) is 12.8 Å². The van der Waals surface area contributed by atoms with Crippen LogP contribution in [0.15, 0.2) is 12.2 Å². The summed E-state index contributed by atoms with van der Waals surface area (Å²) in [6.07, 6.45) is 13.6. The predicted molar refractivity (Wildman–Crippen MR) is 52.3 cm³/mol. The maximum atomic E-state index is 9.73. The minimum atomic E-state index is -0.0174. The number of rotatable bonds is 0. The van der Waals surface area contributed by atoms with Crippen LogP contribution in [0.5, 0.6) is 0 Å². The number of aliphatic hydroxyl groups excluding tert-OH is 1. The van der Waals surface area contributed by atoms with Crippen LogP contribution in [0.4, 0.5) is 0 Å². The van der Waals surface area contributed by atoms with Gasteiger partial charge in [0.05, 0.1) is 6.10 Å². The van der Waals surface area contributed by atoms with Crippen LogP contribution in [0.1, 0.15) is 44.9 Å². The SMILES string of the molecule is O[C@@H]1CC[C@]23C=C[C@@]2(CCCC3)C1. The van der Waals surface area contributed by atoms with Gasteiger partial charge in [-0.15, -0.1) is 0 Å². The molecule has 1 nitrogen and oxygen atoms in total. The van der Waals surface area contributed by atoms with E-state index in [2.05, 4.69) is 12.2 Å². The Labute approximate surface area is 79.8 Å². The standard InChI is InChI=1S/C12H18O/c13-10-3-6-11-4-1-2-5-12(11,9-10)8-7-11/h7-8,10,13H,1-6,9H2/t10-,11-,12+/m1/s1. The van der Waals surface area contributed by atoms with Crippen molar-refractivity contribution >= 4 is 0 Å². The van der Waals surface area contributed by atoms with Crippen molar-refractivity contribution < 1.29 is 5.11 Å². The monoisotopic (exact) mass is 178 g/mol. The van der Waals surface area contributed by atoms with E-state index in [1.165, 1.54) is 32.1 Å². The summed E-state index contributed by atoms with van der Waals surface area (Å²) in [7, 11) is 0. The van der Waals surface area contributed by atoms with Crippen molar-refractivity contribution in [1.29, 1.82) is 0 Å². The number of hydrogen-bond donors (Lipinski definition) is 1. The quantitative estimate of drug-likeness (QED) is 0.565. The Bertz CT molecular complexity index is 258. The maximum absolute atomic E-state index is 9.73. The Hall–Kier alpha value is -0.300. The lowest BCUT2D eigenvalue weighted by Crippen LogP contribution is -2.53. The van der Waals surface area contributed by atoms with Crippen molar-refractivity contribution in [3.05, 3.63) is 12.2 Å². The van der Waals surface area contributed by atoms with Gasteiger partial charge in [0.15, 0.2) is 0 Å². The molecule has 0 unspecified atom stereocenters. The molecule has 0 aromatic heterocycles. The van der Waals surface area contributed by atoms with Gasteiger partial charge in [-0.2, -0.15) is 0 Å². The second-order valence-corrected chi connectivity index (χ2v) is 5.25. The highest BCUT2D eigenvalue weighted by Gasteiger charge is 2.57. The Kier molecular flexibility index (Phi) is 1.48. The third-order valence-corrected chi connectivity index (χ3v) is 4.73. The average Bonchev–Trinajstić information content (AvgIpc) is 2.11. The van der Waals surface area contributed by atoms with Crippen molar-refractivity contribution in [3.63, 3.8) is 0 Å². The molecule has 72 valence electrons. The second-order valence-electron chi connectivity index (χ2n) is 5.25. The normalized spacial score (nSPS) is 53.5. The fraction of sp³-hybridized carbons (Fsp3) is 0.833. The number of allylic oxidation sites excluding steroid dienone is 2. The molecule has 0 amide bonds. The zero-order valence-electron chi connectivity index (χ0n) is 8.13. The smallest absolute Gasteiger partial charge is 0.0549 e. The van der Waals surface area contributed by atoms with Gasteiger partial charge in [-0.1, -0.05) is 25.0 Å². The summed E-state index contributed by atoms with van der Waals surface area (Å²) in [4.78, 5) is 0. The van der Waals surface area contributed by atoms with E-state index in [1.54, 1.807) is 0 Å². The predicted octanol–water partition coefficient (Wildman–Crippen LogP) is 2.65. The second kappa shape index (κ2) is 2.38. The van der Waals surface area contributed by atoms with Crippen LogP contribution in [0, 0.1) is 10.8 Å². The lowest BCUT2D eigenvalue weighted by atomic mass is 9.44. The molecule has 1 N–H and O–H groups in total. The van der Waals surface area contributed by atoms with E-state index < -0.39 is 0 Å². The minimum Gasteiger partial charge on any atom is -0.393 e. The van der Waals surface area contributed by atoms with Crippen LogP contribution in [-0.4, -0.2) is 11.2 Å². The molecule has 2 fully saturated rings. The molecule has 1 heteroatoms. The first kappa shape index (κ1) is 8.05. The molecule has 0 bridgehead atoms. The Morgan fingerprint density at radius 1 is 1.00 bits per heavy atom. The zero-order valence-corrected chi connectivity index (χ0v) is 8.13. The van der Waals surface area contributed by atoms with E-state index in [4.69, 9.17) is 0 Å². The van der Waals surface area contributed by atoms with Crippen LogP contribution in [-0.2, 0) is 0 Å². The highest BCUT2D eigenvalue weighted by atomic mass is 16.3. The zero-order chi connectivity index (χ0) is 8.94. The summed E-state index contributed by atoms with van der Waals surface area (Å²) in [5, 5.41) is 9.73. The molecular formula is C12H18O.